The first-order valence-electron chi connectivity index (χ1n) is 12.8. The number of hydrogen-bond donors (Lipinski definition) is 0. The summed E-state index contributed by atoms with van der Waals surface area (Å²) >= 11 is 0. The maximum absolute atomic E-state index is 4.89. The lowest BCUT2D eigenvalue weighted by Crippen LogP contribution is -2.36. The fraction of sp³-hybridized carbons (Fsp3) is 0.281. The minimum atomic E-state index is -0.481. The Kier molecular flexibility index (Phi) is 6.96. The van der Waals surface area contributed by atoms with Crippen LogP contribution in [0.1, 0.15) is 49.1 Å². The summed E-state index contributed by atoms with van der Waals surface area (Å²) in [5, 5.41) is 0. The second kappa shape index (κ2) is 10.5. The van der Waals surface area contributed by atoms with E-state index in [-0.39, 0.29) is 0 Å². The molecule has 0 saturated carbocycles. The van der Waals surface area contributed by atoms with Gasteiger partial charge in [0.15, 0.2) is 0 Å². The predicted octanol–water partition coefficient (Wildman–Crippen LogP) is 6.70. The Labute approximate surface area is 209 Å². The summed E-state index contributed by atoms with van der Waals surface area (Å²) in [4.78, 5) is 7.46. The second-order valence-electron chi connectivity index (χ2n) is 9.81. The number of aryl methyl sites for hydroxylation is 1. The van der Waals surface area contributed by atoms with Crippen molar-refractivity contribution in [2.75, 3.05) is 19.6 Å². The van der Waals surface area contributed by atoms with Crippen molar-refractivity contribution < 1.29 is 0 Å². The standard InChI is InChI=1S/C32H35N3/c1-26-22-34(23-27(26)2)21-13-12-20-31-24-35(25-33-31)32(28-14-6-3-7-15-28,29-16-8-4-9-17-29)30-18-10-5-11-19-30/h3-11,14-19,24-25H,12-13,20-23H2,1-2H3. The third kappa shape index (κ3) is 4.74. The summed E-state index contributed by atoms with van der Waals surface area (Å²) in [6.07, 6.45) is 7.65. The minimum absolute atomic E-state index is 0.481. The van der Waals surface area contributed by atoms with Gasteiger partial charge in [0.2, 0.25) is 0 Å². The largest absolute Gasteiger partial charge is 0.319 e. The zero-order chi connectivity index (χ0) is 24.1. The molecule has 0 N–H and O–H groups in total. The molecule has 0 spiro atoms. The van der Waals surface area contributed by atoms with Crippen molar-refractivity contribution in [3.05, 3.63) is 137 Å². The molecule has 5 rings (SSSR count). The van der Waals surface area contributed by atoms with Gasteiger partial charge in [0.05, 0.1) is 12.0 Å². The van der Waals surface area contributed by atoms with Gasteiger partial charge in [-0.15, -0.1) is 0 Å². The Morgan fingerprint density at radius 2 is 1.17 bits per heavy atom. The molecule has 35 heavy (non-hydrogen) atoms. The smallest absolute Gasteiger partial charge is 0.121 e. The summed E-state index contributed by atoms with van der Waals surface area (Å²) in [5.41, 5.74) is 7.45. The van der Waals surface area contributed by atoms with Crippen molar-refractivity contribution in [3.63, 3.8) is 0 Å². The van der Waals surface area contributed by atoms with Gasteiger partial charge in [-0.25, -0.2) is 4.98 Å². The first-order chi connectivity index (χ1) is 17.2. The summed E-state index contributed by atoms with van der Waals surface area (Å²) < 4.78 is 2.32. The van der Waals surface area contributed by atoms with Gasteiger partial charge in [-0.05, 0) is 56.3 Å². The molecule has 3 aromatic carbocycles. The van der Waals surface area contributed by atoms with Crippen LogP contribution in [-0.2, 0) is 12.0 Å². The number of benzene rings is 3. The molecule has 0 fully saturated rings. The molecular formula is C32H35N3. The van der Waals surface area contributed by atoms with Gasteiger partial charge < -0.3 is 4.57 Å². The molecule has 0 bridgehead atoms. The summed E-state index contributed by atoms with van der Waals surface area (Å²) in [6, 6.07) is 32.4. The van der Waals surface area contributed by atoms with Gasteiger partial charge in [0, 0.05) is 19.3 Å². The van der Waals surface area contributed by atoms with Crippen LogP contribution in [0.2, 0.25) is 0 Å². The number of hydrogen-bond acceptors (Lipinski definition) is 2. The van der Waals surface area contributed by atoms with E-state index in [4.69, 9.17) is 4.98 Å². The molecular weight excluding hydrogens is 426 g/mol. The molecule has 3 heteroatoms. The Balaban J connectivity index is 1.44. The van der Waals surface area contributed by atoms with Gasteiger partial charge in [-0.2, -0.15) is 0 Å². The van der Waals surface area contributed by atoms with Crippen molar-refractivity contribution >= 4 is 0 Å². The van der Waals surface area contributed by atoms with Crippen LogP contribution < -0.4 is 0 Å². The van der Waals surface area contributed by atoms with Crippen molar-refractivity contribution in [1.82, 2.24) is 14.5 Å². The molecule has 1 aliphatic heterocycles. The zero-order valence-electron chi connectivity index (χ0n) is 20.9. The van der Waals surface area contributed by atoms with Gasteiger partial charge in [0.25, 0.3) is 0 Å². The van der Waals surface area contributed by atoms with Gasteiger partial charge >= 0.3 is 0 Å². The van der Waals surface area contributed by atoms with E-state index < -0.39 is 5.54 Å². The molecule has 0 radical (unpaired) electrons. The number of imidazole rings is 1. The normalized spacial score (nSPS) is 14.6. The molecule has 0 amide bonds. The molecule has 3 nitrogen and oxygen atoms in total. The van der Waals surface area contributed by atoms with E-state index in [9.17, 15) is 0 Å². The van der Waals surface area contributed by atoms with Crippen LogP contribution in [0.15, 0.2) is 115 Å². The molecule has 1 aromatic heterocycles. The maximum Gasteiger partial charge on any atom is 0.121 e. The highest BCUT2D eigenvalue weighted by Crippen LogP contribution is 2.40. The SMILES string of the molecule is CC1=C(C)CN(CCCCc2cn(C(c3ccccc3)(c3ccccc3)c3ccccc3)cn2)C1. The highest BCUT2D eigenvalue weighted by atomic mass is 15.1. The highest BCUT2D eigenvalue weighted by molar-refractivity contribution is 5.50. The minimum Gasteiger partial charge on any atom is -0.319 e. The van der Waals surface area contributed by atoms with Crippen LogP contribution in [0.5, 0.6) is 0 Å². The summed E-state index contributed by atoms with van der Waals surface area (Å²) in [5.74, 6) is 0. The maximum atomic E-state index is 4.89. The predicted molar refractivity (Wildman–Crippen MR) is 145 cm³/mol. The van der Waals surface area contributed by atoms with E-state index in [0.29, 0.717) is 0 Å². The van der Waals surface area contributed by atoms with Crippen LogP contribution >= 0.6 is 0 Å². The number of rotatable bonds is 9. The average Bonchev–Trinajstić information content (AvgIpc) is 3.50. The Bertz CT molecular complexity index is 1150. The van der Waals surface area contributed by atoms with Crippen LogP contribution in [0, 0.1) is 0 Å². The lowest BCUT2D eigenvalue weighted by molar-refractivity contribution is 0.335. The van der Waals surface area contributed by atoms with E-state index in [1.54, 1.807) is 11.1 Å². The van der Waals surface area contributed by atoms with Crippen LogP contribution in [0.25, 0.3) is 0 Å². The van der Waals surface area contributed by atoms with Crippen LogP contribution in [-0.4, -0.2) is 34.1 Å². The molecule has 0 unspecified atom stereocenters. The topological polar surface area (TPSA) is 21.1 Å². The molecule has 2 heterocycles. The van der Waals surface area contributed by atoms with Crippen molar-refractivity contribution in [2.24, 2.45) is 0 Å². The number of unbranched alkanes of at least 4 members (excludes halogenated alkanes) is 1. The van der Waals surface area contributed by atoms with Gasteiger partial charge in [-0.3, -0.25) is 4.90 Å². The lowest BCUT2D eigenvalue weighted by Gasteiger charge is -2.37. The Morgan fingerprint density at radius 1 is 0.686 bits per heavy atom. The molecule has 0 aliphatic carbocycles. The second-order valence-corrected chi connectivity index (χ2v) is 9.81. The van der Waals surface area contributed by atoms with Crippen molar-refractivity contribution in [1.29, 1.82) is 0 Å². The summed E-state index contributed by atoms with van der Waals surface area (Å²) in [6.45, 7) is 7.96. The van der Waals surface area contributed by atoms with Gasteiger partial charge in [0.1, 0.15) is 5.54 Å². The first-order valence-corrected chi connectivity index (χ1v) is 12.8. The van der Waals surface area contributed by atoms with E-state index in [0.717, 1.165) is 38.2 Å². The quantitative estimate of drug-likeness (QED) is 0.157. The molecule has 0 saturated heterocycles. The van der Waals surface area contributed by atoms with Crippen molar-refractivity contribution in [3.8, 4) is 0 Å². The Morgan fingerprint density at radius 3 is 1.66 bits per heavy atom. The molecule has 178 valence electrons. The van der Waals surface area contributed by atoms with Crippen LogP contribution in [0.3, 0.4) is 0 Å². The van der Waals surface area contributed by atoms with E-state index >= 15 is 0 Å². The van der Waals surface area contributed by atoms with E-state index in [1.807, 2.05) is 6.33 Å². The molecule has 1 aliphatic rings. The molecule has 0 atom stereocenters. The van der Waals surface area contributed by atoms with Crippen molar-refractivity contribution in [2.45, 2.75) is 38.6 Å². The van der Waals surface area contributed by atoms with E-state index in [1.165, 1.54) is 23.1 Å². The molecule has 4 aromatic rings. The number of aromatic nitrogens is 2. The highest BCUT2D eigenvalue weighted by Gasteiger charge is 2.38. The fourth-order valence-electron chi connectivity index (χ4n) is 5.46. The van der Waals surface area contributed by atoms with E-state index in [2.05, 4.69) is 121 Å². The Hall–Kier alpha value is -3.43. The number of nitrogens with zero attached hydrogens (tertiary/aromatic N) is 3. The fourth-order valence-corrected chi connectivity index (χ4v) is 5.46. The summed E-state index contributed by atoms with van der Waals surface area (Å²) in [7, 11) is 0. The lowest BCUT2D eigenvalue weighted by atomic mass is 9.77. The van der Waals surface area contributed by atoms with Gasteiger partial charge in [-0.1, -0.05) is 102 Å². The first kappa shape index (κ1) is 23.3. The monoisotopic (exact) mass is 461 g/mol. The average molecular weight is 462 g/mol. The third-order valence-electron chi connectivity index (χ3n) is 7.41. The van der Waals surface area contributed by atoms with Crippen LogP contribution in [0.4, 0.5) is 0 Å². The zero-order valence-corrected chi connectivity index (χ0v) is 20.9. The third-order valence-corrected chi connectivity index (χ3v) is 7.41.